The van der Waals surface area contributed by atoms with Crippen LogP contribution < -0.4 is 14.3 Å². The van der Waals surface area contributed by atoms with E-state index >= 15 is 0 Å². The summed E-state index contributed by atoms with van der Waals surface area (Å²) in [5.74, 6) is 0.332. The van der Waals surface area contributed by atoms with Crippen LogP contribution in [0.2, 0.25) is 5.02 Å². The van der Waals surface area contributed by atoms with Gasteiger partial charge in [0.05, 0.1) is 12.8 Å². The zero-order chi connectivity index (χ0) is 14.9. The number of thiazole rings is 1. The molecular weight excluding hydrogens is 324 g/mol. The first-order valence-electron chi connectivity index (χ1n) is 5.39. The third-order valence-corrected chi connectivity index (χ3v) is 5.64. The predicted octanol–water partition coefficient (Wildman–Crippen LogP) is 2.21. The second-order valence-corrected chi connectivity index (χ2v) is 7.17. The number of methoxy groups -OCH3 is 1. The first-order chi connectivity index (χ1) is 9.33. The van der Waals surface area contributed by atoms with Crippen LogP contribution in [0.4, 0.5) is 5.69 Å². The van der Waals surface area contributed by atoms with Gasteiger partial charge in [0.25, 0.3) is 10.0 Å². The molecule has 1 aromatic heterocycles. The number of hydrogen-bond donors (Lipinski definition) is 2. The van der Waals surface area contributed by atoms with Crippen LogP contribution in [-0.4, -0.2) is 20.5 Å². The molecule has 0 aliphatic carbocycles. The monoisotopic (exact) mass is 334 g/mol. The van der Waals surface area contributed by atoms with Crippen LogP contribution in [0.15, 0.2) is 27.2 Å². The molecule has 0 radical (unpaired) electrons. The molecule has 0 saturated heterocycles. The molecule has 0 saturated carbocycles. The van der Waals surface area contributed by atoms with Gasteiger partial charge < -0.3 is 9.72 Å². The van der Waals surface area contributed by atoms with Crippen molar-refractivity contribution < 1.29 is 13.2 Å². The Morgan fingerprint density at radius 3 is 2.65 bits per heavy atom. The number of anilines is 1. The minimum Gasteiger partial charge on any atom is -0.495 e. The number of aromatic nitrogens is 1. The highest BCUT2D eigenvalue weighted by atomic mass is 35.5. The van der Waals surface area contributed by atoms with Gasteiger partial charge in [-0.1, -0.05) is 22.9 Å². The number of halogens is 1. The molecule has 2 rings (SSSR count). The standard InChI is InChI=1S/C11H11ClN2O4S2/c1-6-10(19-11(15)13-6)20(16,17)14-8-5-7(12)3-4-9(8)18-2/h3-5,14H,1-2H3,(H,13,15). The van der Waals surface area contributed by atoms with Crippen molar-refractivity contribution in [3.05, 3.63) is 38.6 Å². The Hall–Kier alpha value is -1.51. The van der Waals surface area contributed by atoms with Crippen LogP contribution in [0, 0.1) is 6.92 Å². The van der Waals surface area contributed by atoms with Crippen molar-refractivity contribution in [2.45, 2.75) is 11.1 Å². The van der Waals surface area contributed by atoms with Gasteiger partial charge in [-0.3, -0.25) is 9.52 Å². The Morgan fingerprint density at radius 1 is 1.40 bits per heavy atom. The number of benzene rings is 1. The summed E-state index contributed by atoms with van der Waals surface area (Å²) >= 11 is 6.46. The predicted molar refractivity (Wildman–Crippen MR) is 78.5 cm³/mol. The smallest absolute Gasteiger partial charge is 0.306 e. The van der Waals surface area contributed by atoms with E-state index in [-0.39, 0.29) is 15.6 Å². The maximum absolute atomic E-state index is 12.3. The highest BCUT2D eigenvalue weighted by Gasteiger charge is 2.22. The molecule has 0 aliphatic rings. The summed E-state index contributed by atoms with van der Waals surface area (Å²) < 4.78 is 31.9. The third kappa shape index (κ3) is 2.97. The van der Waals surface area contributed by atoms with Gasteiger partial charge in [-0.2, -0.15) is 0 Å². The molecule has 0 amide bonds. The summed E-state index contributed by atoms with van der Waals surface area (Å²) in [4.78, 5) is 13.2. The summed E-state index contributed by atoms with van der Waals surface area (Å²) in [6.07, 6.45) is 0. The number of aromatic amines is 1. The normalized spacial score (nSPS) is 11.3. The molecule has 0 unspecified atom stereocenters. The van der Waals surface area contributed by atoms with E-state index in [1.165, 1.54) is 20.1 Å². The van der Waals surface area contributed by atoms with E-state index < -0.39 is 14.9 Å². The van der Waals surface area contributed by atoms with Crippen LogP contribution in [-0.2, 0) is 10.0 Å². The quantitative estimate of drug-likeness (QED) is 0.897. The molecule has 0 aliphatic heterocycles. The Balaban J connectivity index is 2.46. The summed E-state index contributed by atoms with van der Waals surface area (Å²) in [7, 11) is -2.46. The molecule has 6 nitrogen and oxygen atoms in total. The van der Waals surface area contributed by atoms with Gasteiger partial charge in [0, 0.05) is 10.7 Å². The largest absolute Gasteiger partial charge is 0.495 e. The lowest BCUT2D eigenvalue weighted by atomic mass is 10.3. The van der Waals surface area contributed by atoms with E-state index in [1.54, 1.807) is 12.1 Å². The fourth-order valence-corrected chi connectivity index (χ4v) is 4.13. The maximum Gasteiger partial charge on any atom is 0.306 e. The van der Waals surface area contributed by atoms with Gasteiger partial charge in [0.1, 0.15) is 5.75 Å². The van der Waals surface area contributed by atoms with Crippen molar-refractivity contribution in [1.29, 1.82) is 0 Å². The molecule has 2 aromatic rings. The maximum atomic E-state index is 12.3. The van der Waals surface area contributed by atoms with Gasteiger partial charge >= 0.3 is 4.87 Å². The summed E-state index contributed by atoms with van der Waals surface area (Å²) in [5, 5.41) is 0.363. The van der Waals surface area contributed by atoms with E-state index in [0.717, 1.165) is 0 Å². The minimum atomic E-state index is -3.87. The number of sulfonamides is 1. The molecule has 9 heteroatoms. The highest BCUT2D eigenvalue weighted by molar-refractivity contribution is 7.94. The molecule has 1 heterocycles. The SMILES string of the molecule is COc1ccc(Cl)cc1NS(=O)(=O)c1sc(=O)[nH]c1C. The first kappa shape index (κ1) is 14.9. The Kier molecular flexibility index (Phi) is 4.07. The Labute approximate surface area is 124 Å². The fourth-order valence-electron chi connectivity index (χ4n) is 1.60. The number of aryl methyl sites for hydroxylation is 1. The van der Waals surface area contributed by atoms with Crippen LogP contribution in [0.3, 0.4) is 0 Å². The fraction of sp³-hybridized carbons (Fsp3) is 0.182. The van der Waals surface area contributed by atoms with Crippen molar-refractivity contribution in [3.63, 3.8) is 0 Å². The minimum absolute atomic E-state index is 0.0653. The number of rotatable bonds is 4. The zero-order valence-corrected chi connectivity index (χ0v) is 12.9. The lowest BCUT2D eigenvalue weighted by Gasteiger charge is -2.11. The Morgan fingerprint density at radius 2 is 2.10 bits per heavy atom. The molecule has 0 atom stereocenters. The van der Waals surface area contributed by atoms with Gasteiger partial charge in [0.15, 0.2) is 4.21 Å². The van der Waals surface area contributed by atoms with Gasteiger partial charge in [-0.25, -0.2) is 8.42 Å². The van der Waals surface area contributed by atoms with Crippen LogP contribution in [0.5, 0.6) is 5.75 Å². The average molecular weight is 335 g/mol. The molecular formula is C11H11ClN2O4S2. The van der Waals surface area contributed by atoms with Crippen molar-refractivity contribution in [3.8, 4) is 5.75 Å². The van der Waals surface area contributed by atoms with Crippen molar-refractivity contribution >= 4 is 38.6 Å². The Bertz CT molecular complexity index is 795. The van der Waals surface area contributed by atoms with E-state index in [9.17, 15) is 13.2 Å². The first-order valence-corrected chi connectivity index (χ1v) is 8.07. The second kappa shape index (κ2) is 5.47. The number of H-pyrrole nitrogens is 1. The van der Waals surface area contributed by atoms with Crippen LogP contribution in [0.1, 0.15) is 5.69 Å². The second-order valence-electron chi connectivity index (χ2n) is 3.88. The molecule has 0 spiro atoms. The number of ether oxygens (including phenoxy) is 1. The van der Waals surface area contributed by atoms with Gasteiger partial charge in [-0.15, -0.1) is 0 Å². The average Bonchev–Trinajstić information content (AvgIpc) is 2.69. The summed E-state index contributed by atoms with van der Waals surface area (Å²) in [5.41, 5.74) is 0.494. The van der Waals surface area contributed by atoms with E-state index in [4.69, 9.17) is 16.3 Å². The highest BCUT2D eigenvalue weighted by Crippen LogP contribution is 2.30. The molecule has 108 valence electrons. The van der Waals surface area contributed by atoms with Gasteiger partial charge in [-0.05, 0) is 25.1 Å². The lowest BCUT2D eigenvalue weighted by Crippen LogP contribution is -2.13. The molecule has 0 fully saturated rings. The summed E-state index contributed by atoms with van der Waals surface area (Å²) in [6.45, 7) is 1.52. The zero-order valence-electron chi connectivity index (χ0n) is 10.6. The molecule has 20 heavy (non-hydrogen) atoms. The van der Waals surface area contributed by atoms with Crippen LogP contribution >= 0.6 is 22.9 Å². The van der Waals surface area contributed by atoms with Crippen molar-refractivity contribution in [2.75, 3.05) is 11.8 Å². The lowest BCUT2D eigenvalue weighted by molar-refractivity contribution is 0.417. The number of hydrogen-bond acceptors (Lipinski definition) is 5. The van der Waals surface area contributed by atoms with E-state index in [2.05, 4.69) is 9.71 Å². The van der Waals surface area contributed by atoms with E-state index in [1.807, 2.05) is 0 Å². The molecule has 1 aromatic carbocycles. The van der Waals surface area contributed by atoms with E-state index in [0.29, 0.717) is 22.1 Å². The molecule has 2 N–H and O–H groups in total. The topological polar surface area (TPSA) is 88.3 Å². The summed E-state index contributed by atoms with van der Waals surface area (Å²) in [6, 6.07) is 4.56. The number of nitrogens with one attached hydrogen (secondary N) is 2. The third-order valence-electron chi connectivity index (χ3n) is 2.43. The van der Waals surface area contributed by atoms with Crippen molar-refractivity contribution in [1.82, 2.24) is 4.98 Å². The van der Waals surface area contributed by atoms with Crippen LogP contribution in [0.25, 0.3) is 0 Å². The van der Waals surface area contributed by atoms with Gasteiger partial charge in [0.2, 0.25) is 0 Å². The van der Waals surface area contributed by atoms with Crippen molar-refractivity contribution in [2.24, 2.45) is 0 Å². The molecule has 0 bridgehead atoms.